The minimum Gasteiger partial charge on any atom is -0.390 e. The number of rotatable bonds is 8. The number of hydrogen-bond donors (Lipinski definition) is 2. The number of aliphatic hydroxyl groups is 1. The highest BCUT2D eigenvalue weighted by Gasteiger charge is 2.30. The van der Waals surface area contributed by atoms with Crippen molar-refractivity contribution in [3.8, 4) is 0 Å². The van der Waals surface area contributed by atoms with Gasteiger partial charge in [-0.25, -0.2) is 0 Å². The van der Waals surface area contributed by atoms with Gasteiger partial charge in [-0.05, 0) is 38.3 Å². The van der Waals surface area contributed by atoms with Crippen LogP contribution < -0.4 is 5.32 Å². The molecule has 8 nitrogen and oxygen atoms in total. The highest BCUT2D eigenvalue weighted by Crippen LogP contribution is 2.38. The van der Waals surface area contributed by atoms with Crippen molar-refractivity contribution in [2.24, 2.45) is 0 Å². The first-order valence-corrected chi connectivity index (χ1v) is 9.20. The Hall–Kier alpha value is -1.77. The number of nitrogens with one attached hydrogen (secondary N) is 1. The van der Waals surface area contributed by atoms with Crippen LogP contribution in [0.15, 0.2) is 23.0 Å². The van der Waals surface area contributed by atoms with E-state index in [0.717, 1.165) is 44.2 Å². The Kier molecular flexibility index (Phi) is 5.09. The number of nitrogens with zero attached hydrogens (tertiary/aromatic N) is 5. The summed E-state index contributed by atoms with van der Waals surface area (Å²) in [4.78, 5) is 6.88. The molecular formula is C17H26N6O2. The Morgan fingerprint density at radius 3 is 3.08 bits per heavy atom. The summed E-state index contributed by atoms with van der Waals surface area (Å²) in [5.74, 6) is 2.11. The zero-order valence-electron chi connectivity index (χ0n) is 14.4. The second kappa shape index (κ2) is 7.63. The van der Waals surface area contributed by atoms with Crippen LogP contribution in [-0.2, 0) is 13.1 Å². The lowest BCUT2D eigenvalue weighted by Crippen LogP contribution is -2.47. The molecule has 0 unspecified atom stereocenters. The largest absolute Gasteiger partial charge is 0.390 e. The number of piperidine rings is 1. The molecule has 2 aromatic rings. The molecule has 136 valence electrons. The van der Waals surface area contributed by atoms with Crippen LogP contribution in [0.5, 0.6) is 0 Å². The maximum atomic E-state index is 10.1. The summed E-state index contributed by atoms with van der Waals surface area (Å²) in [5.41, 5.74) is 0. The molecule has 0 amide bonds. The van der Waals surface area contributed by atoms with E-state index < -0.39 is 6.10 Å². The van der Waals surface area contributed by atoms with E-state index in [1.54, 1.807) is 10.9 Å². The summed E-state index contributed by atoms with van der Waals surface area (Å²) in [5, 5.41) is 21.9. The first-order chi connectivity index (χ1) is 12.3. The van der Waals surface area contributed by atoms with Crippen molar-refractivity contribution in [3.63, 3.8) is 0 Å². The molecule has 2 aliphatic rings. The van der Waals surface area contributed by atoms with Crippen LogP contribution in [0.2, 0.25) is 0 Å². The molecule has 2 atom stereocenters. The van der Waals surface area contributed by atoms with Gasteiger partial charge in [-0.2, -0.15) is 10.1 Å². The second-order valence-corrected chi connectivity index (χ2v) is 7.19. The summed E-state index contributed by atoms with van der Waals surface area (Å²) in [6.07, 6.45) is 7.79. The minimum atomic E-state index is -0.436. The fourth-order valence-corrected chi connectivity index (χ4v) is 3.39. The third-order valence-electron chi connectivity index (χ3n) is 4.88. The van der Waals surface area contributed by atoms with E-state index in [9.17, 15) is 5.11 Å². The molecule has 0 radical (unpaired) electrons. The van der Waals surface area contributed by atoms with E-state index in [0.29, 0.717) is 25.0 Å². The Balaban J connectivity index is 1.21. The van der Waals surface area contributed by atoms with Crippen molar-refractivity contribution in [3.05, 3.63) is 30.2 Å². The summed E-state index contributed by atoms with van der Waals surface area (Å²) >= 11 is 0. The standard InChI is InChI=1S/C17H26N6O2/c24-15(11-23-8-2-6-19-23)9-18-14-3-1-7-22(10-14)12-16-20-17(25-21-16)13-4-5-13/h2,6,8,13-15,18,24H,1,3-5,7,9-12H2/t14-,15+/m1/s1. The van der Waals surface area contributed by atoms with Crippen molar-refractivity contribution in [2.75, 3.05) is 19.6 Å². The summed E-state index contributed by atoms with van der Waals surface area (Å²) < 4.78 is 7.10. The maximum absolute atomic E-state index is 10.1. The van der Waals surface area contributed by atoms with Crippen LogP contribution in [0, 0.1) is 0 Å². The average molecular weight is 346 g/mol. The molecule has 2 N–H and O–H groups in total. The maximum Gasteiger partial charge on any atom is 0.229 e. The number of aliphatic hydroxyl groups excluding tert-OH is 1. The van der Waals surface area contributed by atoms with E-state index in [1.807, 2.05) is 12.3 Å². The van der Waals surface area contributed by atoms with Crippen molar-refractivity contribution in [2.45, 2.75) is 56.8 Å². The van der Waals surface area contributed by atoms with Gasteiger partial charge in [-0.3, -0.25) is 9.58 Å². The molecule has 1 aliphatic carbocycles. The van der Waals surface area contributed by atoms with Gasteiger partial charge in [0, 0.05) is 37.4 Å². The van der Waals surface area contributed by atoms with Crippen molar-refractivity contribution in [1.29, 1.82) is 0 Å². The molecule has 3 heterocycles. The molecule has 1 saturated carbocycles. The Bertz CT molecular complexity index is 654. The number of hydrogen-bond acceptors (Lipinski definition) is 7. The lowest BCUT2D eigenvalue weighted by atomic mass is 10.1. The van der Waals surface area contributed by atoms with Crippen LogP contribution in [0.1, 0.15) is 43.3 Å². The van der Waals surface area contributed by atoms with Gasteiger partial charge in [-0.1, -0.05) is 5.16 Å². The van der Waals surface area contributed by atoms with Crippen LogP contribution in [0.4, 0.5) is 0 Å². The molecule has 2 fully saturated rings. The molecule has 8 heteroatoms. The smallest absolute Gasteiger partial charge is 0.229 e. The Morgan fingerprint density at radius 1 is 1.36 bits per heavy atom. The summed E-state index contributed by atoms with van der Waals surface area (Å²) in [7, 11) is 0. The van der Waals surface area contributed by atoms with E-state index in [2.05, 4.69) is 25.5 Å². The third-order valence-corrected chi connectivity index (χ3v) is 4.88. The zero-order valence-corrected chi connectivity index (χ0v) is 14.4. The van der Waals surface area contributed by atoms with Gasteiger partial charge in [0.15, 0.2) is 5.82 Å². The monoisotopic (exact) mass is 346 g/mol. The highest BCUT2D eigenvalue weighted by molar-refractivity contribution is 5.01. The number of likely N-dealkylation sites (tertiary alicyclic amines) is 1. The van der Waals surface area contributed by atoms with Crippen molar-refractivity contribution >= 4 is 0 Å². The molecule has 4 rings (SSSR count). The van der Waals surface area contributed by atoms with Gasteiger partial charge in [-0.15, -0.1) is 0 Å². The molecule has 2 aromatic heterocycles. The van der Waals surface area contributed by atoms with E-state index in [4.69, 9.17) is 4.52 Å². The van der Waals surface area contributed by atoms with E-state index in [-0.39, 0.29) is 0 Å². The fourth-order valence-electron chi connectivity index (χ4n) is 3.39. The van der Waals surface area contributed by atoms with Gasteiger partial charge in [0.2, 0.25) is 5.89 Å². The zero-order chi connectivity index (χ0) is 17.1. The summed E-state index contributed by atoms with van der Waals surface area (Å²) in [6, 6.07) is 2.25. The first kappa shape index (κ1) is 16.7. The van der Waals surface area contributed by atoms with Crippen molar-refractivity contribution in [1.82, 2.24) is 30.1 Å². The van der Waals surface area contributed by atoms with Crippen LogP contribution in [0.25, 0.3) is 0 Å². The van der Waals surface area contributed by atoms with E-state index in [1.165, 1.54) is 12.8 Å². The molecule has 1 aliphatic heterocycles. The summed E-state index contributed by atoms with van der Waals surface area (Å²) in [6.45, 7) is 3.84. The highest BCUT2D eigenvalue weighted by atomic mass is 16.5. The van der Waals surface area contributed by atoms with Gasteiger partial charge < -0.3 is 14.9 Å². The normalized spacial score (nSPS) is 23.0. The molecule has 0 spiro atoms. The molecular weight excluding hydrogens is 320 g/mol. The van der Waals surface area contributed by atoms with Gasteiger partial charge in [0.1, 0.15) is 0 Å². The Labute approximate surface area is 147 Å². The predicted octanol–water partition coefficient (Wildman–Crippen LogP) is 0.759. The van der Waals surface area contributed by atoms with Gasteiger partial charge in [0.25, 0.3) is 0 Å². The predicted molar refractivity (Wildman–Crippen MR) is 90.8 cm³/mol. The molecule has 1 saturated heterocycles. The molecule has 25 heavy (non-hydrogen) atoms. The third kappa shape index (κ3) is 4.65. The van der Waals surface area contributed by atoms with Gasteiger partial charge >= 0.3 is 0 Å². The fraction of sp³-hybridized carbons (Fsp3) is 0.706. The number of aromatic nitrogens is 4. The molecule has 0 aromatic carbocycles. The van der Waals surface area contributed by atoms with E-state index >= 15 is 0 Å². The van der Waals surface area contributed by atoms with Crippen LogP contribution in [-0.4, -0.2) is 61.7 Å². The van der Waals surface area contributed by atoms with Gasteiger partial charge in [0.05, 0.1) is 19.2 Å². The quantitative estimate of drug-likeness (QED) is 0.729. The second-order valence-electron chi connectivity index (χ2n) is 7.19. The lowest BCUT2D eigenvalue weighted by molar-refractivity contribution is 0.126. The first-order valence-electron chi connectivity index (χ1n) is 9.20. The van der Waals surface area contributed by atoms with Crippen LogP contribution in [0.3, 0.4) is 0 Å². The minimum absolute atomic E-state index is 0.385. The Morgan fingerprint density at radius 2 is 2.28 bits per heavy atom. The topological polar surface area (TPSA) is 92.2 Å². The van der Waals surface area contributed by atoms with Crippen LogP contribution >= 0.6 is 0 Å². The molecule has 0 bridgehead atoms. The average Bonchev–Trinajstić information content (AvgIpc) is 3.14. The lowest BCUT2D eigenvalue weighted by Gasteiger charge is -2.32. The SMILES string of the molecule is O[C@@H](CN[C@@H]1CCCN(Cc2noc(C3CC3)n2)C1)Cn1cccn1. The van der Waals surface area contributed by atoms with Crippen molar-refractivity contribution < 1.29 is 9.63 Å².